The van der Waals surface area contributed by atoms with Gasteiger partial charge in [-0.2, -0.15) is 0 Å². The van der Waals surface area contributed by atoms with Gasteiger partial charge in [-0.25, -0.2) is 4.39 Å². The first-order valence-corrected chi connectivity index (χ1v) is 8.13. The average Bonchev–Trinajstić information content (AvgIpc) is 3.28. The lowest BCUT2D eigenvalue weighted by molar-refractivity contribution is 0.594. The third-order valence-electron chi connectivity index (χ3n) is 4.62. The minimum atomic E-state index is 0.0319. The third-order valence-corrected chi connectivity index (χ3v) is 4.62. The molecule has 0 radical (unpaired) electrons. The predicted octanol–water partition coefficient (Wildman–Crippen LogP) is 5.44. The van der Waals surface area contributed by atoms with Crippen LogP contribution in [-0.4, -0.2) is 7.05 Å². The van der Waals surface area contributed by atoms with Crippen molar-refractivity contribution >= 4 is 0 Å². The highest BCUT2D eigenvalue weighted by molar-refractivity contribution is 5.54. The fourth-order valence-corrected chi connectivity index (χ4v) is 3.29. The van der Waals surface area contributed by atoms with Crippen molar-refractivity contribution < 1.29 is 4.39 Å². The zero-order valence-corrected chi connectivity index (χ0v) is 14.0. The topological polar surface area (TPSA) is 12.0 Å². The lowest BCUT2D eigenvalue weighted by atomic mass is 9.78. The average molecular weight is 289 g/mol. The van der Waals surface area contributed by atoms with Gasteiger partial charge in [0.25, 0.3) is 0 Å². The van der Waals surface area contributed by atoms with Gasteiger partial charge in [-0.15, -0.1) is 0 Å². The summed E-state index contributed by atoms with van der Waals surface area (Å²) in [7, 11) is 1.88. The second-order valence-corrected chi connectivity index (χ2v) is 6.45. The highest BCUT2D eigenvalue weighted by Gasteiger charge is 2.35. The first kappa shape index (κ1) is 16.1. The van der Waals surface area contributed by atoms with E-state index in [9.17, 15) is 0 Å². The van der Waals surface area contributed by atoms with E-state index in [1.165, 1.54) is 24.0 Å². The van der Waals surface area contributed by atoms with Gasteiger partial charge in [0.05, 0.1) is 0 Å². The summed E-state index contributed by atoms with van der Waals surface area (Å²) in [5, 5.41) is 3.01. The lowest BCUT2D eigenvalue weighted by Gasteiger charge is -2.28. The van der Waals surface area contributed by atoms with Gasteiger partial charge >= 0.3 is 0 Å². The normalized spacial score (nSPS) is 21.3. The Labute approximate surface area is 128 Å². The van der Waals surface area contributed by atoms with E-state index in [1.807, 2.05) is 27.1 Å². The fraction of sp³-hybridized carbons (Fsp3) is 0.579. The van der Waals surface area contributed by atoms with E-state index in [4.69, 9.17) is 0 Å². The number of hydrogen-bond donors (Lipinski definition) is 1. The van der Waals surface area contributed by atoms with Gasteiger partial charge in [-0.3, -0.25) is 0 Å². The van der Waals surface area contributed by atoms with Crippen molar-refractivity contribution in [2.45, 2.75) is 53.4 Å². The van der Waals surface area contributed by atoms with E-state index in [0.717, 1.165) is 29.6 Å². The Morgan fingerprint density at radius 3 is 2.52 bits per heavy atom. The largest absolute Gasteiger partial charge is 0.394 e. The van der Waals surface area contributed by atoms with Crippen molar-refractivity contribution in [3.63, 3.8) is 0 Å². The van der Waals surface area contributed by atoms with E-state index in [-0.39, 0.29) is 11.7 Å². The van der Waals surface area contributed by atoms with Crippen molar-refractivity contribution in [3.8, 4) is 0 Å². The van der Waals surface area contributed by atoms with Crippen LogP contribution < -0.4 is 5.32 Å². The van der Waals surface area contributed by atoms with Crippen molar-refractivity contribution in [1.29, 1.82) is 0 Å². The van der Waals surface area contributed by atoms with E-state index in [2.05, 4.69) is 25.2 Å². The zero-order valence-electron chi connectivity index (χ0n) is 14.0. The van der Waals surface area contributed by atoms with E-state index in [1.54, 1.807) is 0 Å². The molecule has 21 heavy (non-hydrogen) atoms. The van der Waals surface area contributed by atoms with Crippen molar-refractivity contribution in [1.82, 2.24) is 5.32 Å². The van der Waals surface area contributed by atoms with Gasteiger partial charge < -0.3 is 5.32 Å². The molecular weight excluding hydrogens is 261 g/mol. The Bertz CT molecular complexity index is 526. The molecule has 0 aromatic heterocycles. The number of nitrogens with one attached hydrogen (secondary N) is 1. The summed E-state index contributed by atoms with van der Waals surface area (Å²) in [5.74, 6) is 0.846. The first-order valence-electron chi connectivity index (χ1n) is 8.13. The Morgan fingerprint density at radius 2 is 2.05 bits per heavy atom. The highest BCUT2D eigenvalue weighted by atomic mass is 19.1. The minimum Gasteiger partial charge on any atom is -0.394 e. The summed E-state index contributed by atoms with van der Waals surface area (Å²) in [6.07, 6.45) is 8.29. The number of hydrogen-bond acceptors (Lipinski definition) is 1. The minimum absolute atomic E-state index is 0.0319. The SMILES string of the molecule is CCC1=C(C2CC2)CC(=C(C)C)C(F)=C1C(C)/C=C/NC. The lowest BCUT2D eigenvalue weighted by Crippen LogP contribution is -2.14. The van der Waals surface area contributed by atoms with E-state index >= 15 is 4.39 Å². The zero-order chi connectivity index (χ0) is 15.6. The van der Waals surface area contributed by atoms with Crippen LogP contribution in [0.5, 0.6) is 0 Å². The van der Waals surface area contributed by atoms with Crippen molar-refractivity contribution in [2.75, 3.05) is 7.05 Å². The summed E-state index contributed by atoms with van der Waals surface area (Å²) in [6, 6.07) is 0. The summed E-state index contributed by atoms with van der Waals surface area (Å²) < 4.78 is 15.1. The summed E-state index contributed by atoms with van der Waals surface area (Å²) in [4.78, 5) is 0. The van der Waals surface area contributed by atoms with E-state index in [0.29, 0.717) is 5.92 Å². The predicted molar refractivity (Wildman–Crippen MR) is 88.5 cm³/mol. The van der Waals surface area contributed by atoms with Crippen LogP contribution in [0.15, 0.2) is 46.0 Å². The van der Waals surface area contributed by atoms with Gasteiger partial charge in [0.15, 0.2) is 0 Å². The van der Waals surface area contributed by atoms with Gasteiger partial charge in [-0.05, 0) is 68.4 Å². The maximum atomic E-state index is 15.1. The highest BCUT2D eigenvalue weighted by Crippen LogP contribution is 2.49. The quantitative estimate of drug-likeness (QED) is 0.711. The standard InChI is InChI=1S/C19H28FN/c1-6-15-17(14-7-8-14)11-16(12(2)3)19(20)18(15)13(4)9-10-21-5/h9-10,13-14,21H,6-8,11H2,1-5H3/b10-9+. The Hall–Kier alpha value is -1.31. The molecule has 0 heterocycles. The van der Waals surface area contributed by atoms with Gasteiger partial charge in [-0.1, -0.05) is 31.1 Å². The van der Waals surface area contributed by atoms with Crippen LogP contribution in [-0.2, 0) is 0 Å². The molecule has 1 saturated carbocycles. The van der Waals surface area contributed by atoms with Crippen molar-refractivity contribution in [3.05, 3.63) is 46.0 Å². The summed E-state index contributed by atoms with van der Waals surface area (Å²) in [6.45, 7) is 8.31. The molecule has 2 rings (SSSR count). The molecule has 2 heteroatoms. The van der Waals surface area contributed by atoms with Gasteiger partial charge in [0.1, 0.15) is 5.83 Å². The number of allylic oxidation sites excluding steroid dienone is 7. The monoisotopic (exact) mass is 289 g/mol. The number of halogens is 1. The fourth-order valence-electron chi connectivity index (χ4n) is 3.29. The van der Waals surface area contributed by atoms with Crippen LogP contribution in [0.25, 0.3) is 0 Å². The second kappa shape index (κ2) is 6.64. The molecule has 1 fully saturated rings. The van der Waals surface area contributed by atoms with Gasteiger partial charge in [0.2, 0.25) is 0 Å². The Kier molecular flexibility index (Phi) is 5.08. The molecule has 1 N–H and O–H groups in total. The molecular formula is C19H28FN. The van der Waals surface area contributed by atoms with Crippen molar-refractivity contribution in [2.24, 2.45) is 11.8 Å². The molecule has 2 aliphatic carbocycles. The number of rotatable bonds is 5. The van der Waals surface area contributed by atoms with Crippen LogP contribution in [0, 0.1) is 11.8 Å². The molecule has 1 unspecified atom stereocenters. The molecule has 116 valence electrons. The van der Waals surface area contributed by atoms with Crippen LogP contribution in [0.1, 0.15) is 53.4 Å². The molecule has 0 bridgehead atoms. The summed E-state index contributed by atoms with van der Waals surface area (Å²) in [5.41, 5.74) is 5.76. The van der Waals surface area contributed by atoms with Crippen LogP contribution in [0.3, 0.4) is 0 Å². The summed E-state index contributed by atoms with van der Waals surface area (Å²) >= 11 is 0. The van der Waals surface area contributed by atoms with Crippen LogP contribution >= 0.6 is 0 Å². The molecule has 0 amide bonds. The molecule has 0 aromatic carbocycles. The maximum absolute atomic E-state index is 15.1. The smallest absolute Gasteiger partial charge is 0.130 e. The Morgan fingerprint density at radius 1 is 1.38 bits per heavy atom. The molecule has 0 aliphatic heterocycles. The second-order valence-electron chi connectivity index (χ2n) is 6.45. The van der Waals surface area contributed by atoms with Gasteiger partial charge in [0, 0.05) is 13.0 Å². The molecule has 0 spiro atoms. The Balaban J connectivity index is 2.53. The molecule has 1 nitrogen and oxygen atoms in total. The molecule has 0 saturated heterocycles. The maximum Gasteiger partial charge on any atom is 0.130 e. The first-order chi connectivity index (χ1) is 10.0. The van der Waals surface area contributed by atoms with Crippen LogP contribution in [0.2, 0.25) is 0 Å². The van der Waals surface area contributed by atoms with Crippen LogP contribution in [0.4, 0.5) is 4.39 Å². The third kappa shape index (κ3) is 3.30. The molecule has 2 aliphatic rings. The molecule has 1 atom stereocenters. The van der Waals surface area contributed by atoms with E-state index < -0.39 is 0 Å². The molecule has 0 aromatic rings.